The number of rotatable bonds is 6. The van der Waals surface area contributed by atoms with E-state index in [0.717, 1.165) is 23.2 Å². The number of carbonyl (C=O) groups excluding carboxylic acids is 2. The molecule has 2 aromatic rings. The summed E-state index contributed by atoms with van der Waals surface area (Å²) in [4.78, 5) is 25.4. The molecule has 0 aromatic heterocycles. The van der Waals surface area contributed by atoms with Gasteiger partial charge in [-0.2, -0.15) is 0 Å². The minimum atomic E-state index is -0.622. The number of nitrogens with one attached hydrogen (secondary N) is 2. The lowest BCUT2D eigenvalue weighted by Crippen LogP contribution is -2.47. The molecular weight excluding hydrogens is 348 g/mol. The predicted octanol–water partition coefficient (Wildman–Crippen LogP) is 4.74. The van der Waals surface area contributed by atoms with E-state index in [4.69, 9.17) is 11.6 Å². The van der Waals surface area contributed by atoms with Gasteiger partial charge in [-0.3, -0.25) is 9.59 Å². The van der Waals surface area contributed by atoms with Crippen LogP contribution in [0.25, 0.3) is 0 Å². The van der Waals surface area contributed by atoms with E-state index in [1.807, 2.05) is 45.9 Å². The van der Waals surface area contributed by atoms with Crippen molar-refractivity contribution in [1.82, 2.24) is 5.32 Å². The molecule has 0 saturated carbocycles. The van der Waals surface area contributed by atoms with Gasteiger partial charge in [0.15, 0.2) is 0 Å². The Morgan fingerprint density at radius 1 is 1.08 bits per heavy atom. The van der Waals surface area contributed by atoms with E-state index in [0.29, 0.717) is 10.6 Å². The first-order valence-electron chi connectivity index (χ1n) is 8.77. The van der Waals surface area contributed by atoms with Crippen molar-refractivity contribution < 1.29 is 9.59 Å². The number of carbonyl (C=O) groups is 2. The van der Waals surface area contributed by atoms with Crippen molar-refractivity contribution in [3.05, 3.63) is 64.2 Å². The summed E-state index contributed by atoms with van der Waals surface area (Å²) < 4.78 is 0. The SMILES string of the molecule is CCC(C)C(NC(=O)c1ccc(Cl)cc1)C(=O)Nc1cccc(C)c1C. The van der Waals surface area contributed by atoms with Gasteiger partial charge in [-0.25, -0.2) is 0 Å². The average molecular weight is 373 g/mol. The molecule has 0 aliphatic carbocycles. The summed E-state index contributed by atoms with van der Waals surface area (Å²) in [7, 11) is 0. The average Bonchev–Trinajstić information content (AvgIpc) is 2.63. The van der Waals surface area contributed by atoms with Crippen molar-refractivity contribution in [3.8, 4) is 0 Å². The van der Waals surface area contributed by atoms with Gasteiger partial charge in [-0.15, -0.1) is 0 Å². The van der Waals surface area contributed by atoms with Crippen LogP contribution in [0.3, 0.4) is 0 Å². The Kier molecular flexibility index (Phi) is 6.81. The first-order chi connectivity index (χ1) is 12.3. The van der Waals surface area contributed by atoms with Crippen LogP contribution in [0.1, 0.15) is 41.8 Å². The predicted molar refractivity (Wildman–Crippen MR) is 107 cm³/mol. The van der Waals surface area contributed by atoms with Gasteiger partial charge in [0.1, 0.15) is 6.04 Å². The highest BCUT2D eigenvalue weighted by molar-refractivity contribution is 6.30. The van der Waals surface area contributed by atoms with E-state index < -0.39 is 6.04 Å². The number of aryl methyl sites for hydroxylation is 1. The van der Waals surface area contributed by atoms with Crippen LogP contribution in [0.5, 0.6) is 0 Å². The topological polar surface area (TPSA) is 58.2 Å². The third-order valence-electron chi connectivity index (χ3n) is 4.75. The Labute approximate surface area is 159 Å². The van der Waals surface area contributed by atoms with Gasteiger partial charge in [0.25, 0.3) is 5.91 Å². The Bertz CT molecular complexity index is 787. The molecule has 0 radical (unpaired) electrons. The Morgan fingerprint density at radius 3 is 2.35 bits per heavy atom. The van der Waals surface area contributed by atoms with Gasteiger partial charge in [0, 0.05) is 16.3 Å². The number of benzene rings is 2. The Balaban J connectivity index is 2.18. The quantitative estimate of drug-likeness (QED) is 0.769. The fraction of sp³-hybridized carbons (Fsp3) is 0.333. The molecule has 0 spiro atoms. The van der Waals surface area contributed by atoms with Gasteiger partial charge >= 0.3 is 0 Å². The van der Waals surface area contributed by atoms with Crippen LogP contribution in [0.2, 0.25) is 5.02 Å². The van der Waals surface area contributed by atoms with Crippen LogP contribution >= 0.6 is 11.6 Å². The zero-order chi connectivity index (χ0) is 19.3. The van der Waals surface area contributed by atoms with Crippen molar-refractivity contribution in [2.45, 2.75) is 40.2 Å². The second kappa shape index (κ2) is 8.86. The summed E-state index contributed by atoms with van der Waals surface area (Å²) in [6.07, 6.45) is 0.770. The lowest BCUT2D eigenvalue weighted by atomic mass is 9.97. The number of halogens is 1. The van der Waals surface area contributed by atoms with Crippen LogP contribution in [0.4, 0.5) is 5.69 Å². The van der Waals surface area contributed by atoms with E-state index in [2.05, 4.69) is 10.6 Å². The molecule has 2 N–H and O–H groups in total. The molecule has 26 heavy (non-hydrogen) atoms. The zero-order valence-corrected chi connectivity index (χ0v) is 16.4. The van der Waals surface area contributed by atoms with Gasteiger partial charge in [0.2, 0.25) is 5.91 Å². The maximum absolute atomic E-state index is 12.9. The summed E-state index contributed by atoms with van der Waals surface area (Å²) in [5.74, 6) is -0.505. The van der Waals surface area contributed by atoms with E-state index in [-0.39, 0.29) is 17.7 Å². The van der Waals surface area contributed by atoms with E-state index >= 15 is 0 Å². The van der Waals surface area contributed by atoms with Crippen molar-refractivity contribution in [3.63, 3.8) is 0 Å². The van der Waals surface area contributed by atoms with Crippen molar-refractivity contribution in [2.75, 3.05) is 5.32 Å². The van der Waals surface area contributed by atoms with Gasteiger partial charge in [-0.1, -0.05) is 44.0 Å². The third kappa shape index (κ3) is 4.85. The maximum Gasteiger partial charge on any atom is 0.251 e. The molecule has 0 saturated heterocycles. The summed E-state index contributed by atoms with van der Waals surface area (Å²) in [5, 5.41) is 6.38. The van der Waals surface area contributed by atoms with Crippen LogP contribution in [-0.4, -0.2) is 17.9 Å². The van der Waals surface area contributed by atoms with Crippen molar-refractivity contribution in [1.29, 1.82) is 0 Å². The van der Waals surface area contributed by atoms with E-state index in [1.54, 1.807) is 24.3 Å². The number of hydrogen-bond donors (Lipinski definition) is 2. The van der Waals surface area contributed by atoms with Crippen molar-refractivity contribution >= 4 is 29.1 Å². The smallest absolute Gasteiger partial charge is 0.251 e. The standard InChI is InChI=1S/C21H25ClN2O2/c1-5-13(2)19(24-20(25)16-9-11-17(22)12-10-16)21(26)23-18-8-6-7-14(3)15(18)4/h6-13,19H,5H2,1-4H3,(H,23,26)(H,24,25). The van der Waals surface area contributed by atoms with Crippen LogP contribution < -0.4 is 10.6 Å². The second-order valence-corrected chi connectivity index (χ2v) is 7.02. The molecule has 138 valence electrons. The second-order valence-electron chi connectivity index (χ2n) is 6.58. The van der Waals surface area contributed by atoms with Gasteiger partial charge in [0.05, 0.1) is 0 Å². The molecule has 2 amide bonds. The van der Waals surface area contributed by atoms with Gasteiger partial charge in [-0.05, 0) is 61.2 Å². The molecule has 0 heterocycles. The molecule has 2 aromatic carbocycles. The molecule has 4 nitrogen and oxygen atoms in total. The lowest BCUT2D eigenvalue weighted by molar-refractivity contribution is -0.119. The molecular formula is C21H25ClN2O2. The van der Waals surface area contributed by atoms with Crippen LogP contribution in [0.15, 0.2) is 42.5 Å². The first-order valence-corrected chi connectivity index (χ1v) is 9.14. The minimum Gasteiger partial charge on any atom is -0.340 e. The van der Waals surface area contributed by atoms with E-state index in [9.17, 15) is 9.59 Å². The minimum absolute atomic E-state index is 0.00337. The molecule has 0 bridgehead atoms. The molecule has 2 unspecified atom stereocenters. The normalized spacial score (nSPS) is 13.0. The number of amides is 2. The zero-order valence-electron chi connectivity index (χ0n) is 15.6. The molecule has 0 aliphatic heterocycles. The van der Waals surface area contributed by atoms with Crippen molar-refractivity contribution in [2.24, 2.45) is 5.92 Å². The molecule has 0 fully saturated rings. The number of hydrogen-bond acceptors (Lipinski definition) is 2. The fourth-order valence-electron chi connectivity index (χ4n) is 2.62. The summed E-state index contributed by atoms with van der Waals surface area (Å²) in [5.41, 5.74) is 3.37. The fourth-order valence-corrected chi connectivity index (χ4v) is 2.75. The molecule has 2 atom stereocenters. The Morgan fingerprint density at radius 2 is 1.73 bits per heavy atom. The highest BCUT2D eigenvalue weighted by atomic mass is 35.5. The Hall–Kier alpha value is -2.33. The first kappa shape index (κ1) is 20.0. The lowest BCUT2D eigenvalue weighted by Gasteiger charge is -2.24. The monoisotopic (exact) mass is 372 g/mol. The number of anilines is 1. The highest BCUT2D eigenvalue weighted by Crippen LogP contribution is 2.20. The van der Waals surface area contributed by atoms with E-state index in [1.165, 1.54) is 0 Å². The largest absolute Gasteiger partial charge is 0.340 e. The van der Waals surface area contributed by atoms with Gasteiger partial charge < -0.3 is 10.6 Å². The summed E-state index contributed by atoms with van der Waals surface area (Å²) in [6.45, 7) is 7.92. The maximum atomic E-state index is 12.9. The highest BCUT2D eigenvalue weighted by Gasteiger charge is 2.26. The van der Waals surface area contributed by atoms with Crippen LogP contribution in [0, 0.1) is 19.8 Å². The van der Waals surface area contributed by atoms with Crippen LogP contribution in [-0.2, 0) is 4.79 Å². The molecule has 5 heteroatoms. The third-order valence-corrected chi connectivity index (χ3v) is 5.00. The molecule has 2 rings (SSSR count). The summed E-state index contributed by atoms with van der Waals surface area (Å²) in [6, 6.07) is 11.8. The molecule has 0 aliphatic rings. The summed E-state index contributed by atoms with van der Waals surface area (Å²) >= 11 is 5.87.